The van der Waals surface area contributed by atoms with Crippen LogP contribution in [-0.4, -0.2) is 16.9 Å². The van der Waals surface area contributed by atoms with Gasteiger partial charge in [-0.3, -0.25) is 10.1 Å². The van der Waals surface area contributed by atoms with Gasteiger partial charge in [-0.1, -0.05) is 42.5 Å². The minimum atomic E-state index is -0.660. The molecule has 1 heterocycles. The second-order valence-electron chi connectivity index (χ2n) is 7.33. The van der Waals surface area contributed by atoms with Crippen molar-refractivity contribution in [1.82, 2.24) is 0 Å². The largest absolute Gasteiger partial charge is 0.457 e. The van der Waals surface area contributed by atoms with Gasteiger partial charge in [-0.25, -0.2) is 9.59 Å². The summed E-state index contributed by atoms with van der Waals surface area (Å²) in [6, 6.07) is 16.6. The Hall–Kier alpha value is -3.78. The monoisotopic (exact) mass is 507 g/mol. The van der Waals surface area contributed by atoms with Crippen molar-refractivity contribution >= 4 is 33.6 Å². The Morgan fingerprint density at radius 3 is 2.58 bits per heavy atom. The van der Waals surface area contributed by atoms with E-state index in [4.69, 9.17) is 9.47 Å². The summed E-state index contributed by atoms with van der Waals surface area (Å²) < 4.78 is 11.7. The van der Waals surface area contributed by atoms with E-state index < -0.39 is 16.9 Å². The Bertz CT molecular complexity index is 1270. The Balaban J connectivity index is 1.67. The number of benzene rings is 3. The first-order valence-electron chi connectivity index (χ1n) is 10.1. The summed E-state index contributed by atoms with van der Waals surface area (Å²) in [5, 5.41) is 11.1. The third kappa shape index (κ3) is 5.01. The summed E-state index contributed by atoms with van der Waals surface area (Å²) in [7, 11) is 0. The number of carbonyl (C=O) groups is 2. The predicted octanol–water partition coefficient (Wildman–Crippen LogP) is 5.59. The molecule has 0 bridgehead atoms. The molecule has 0 aliphatic carbocycles. The molecule has 1 aliphatic rings. The van der Waals surface area contributed by atoms with E-state index in [-0.39, 0.29) is 23.6 Å². The van der Waals surface area contributed by atoms with Crippen molar-refractivity contribution in [2.24, 2.45) is 0 Å². The molecule has 0 spiro atoms. The molecule has 0 amide bonds. The number of halogens is 1. The van der Waals surface area contributed by atoms with Crippen LogP contribution in [0.2, 0.25) is 0 Å². The summed E-state index contributed by atoms with van der Waals surface area (Å²) in [5.74, 6) is -0.975. The van der Waals surface area contributed by atoms with Gasteiger partial charge in [-0.15, -0.1) is 0 Å². The van der Waals surface area contributed by atoms with Gasteiger partial charge < -0.3 is 9.47 Å². The van der Waals surface area contributed by atoms with Gasteiger partial charge in [0.2, 0.25) is 0 Å². The number of hydrogen-bond donors (Lipinski definition) is 0. The Morgan fingerprint density at radius 1 is 1.06 bits per heavy atom. The third-order valence-corrected chi connectivity index (χ3v) is 5.81. The van der Waals surface area contributed by atoms with Crippen LogP contribution in [0.4, 0.5) is 5.69 Å². The molecule has 4 rings (SSSR count). The van der Waals surface area contributed by atoms with E-state index in [9.17, 15) is 19.7 Å². The van der Waals surface area contributed by atoms with Gasteiger partial charge in [0, 0.05) is 17.7 Å². The zero-order valence-electron chi connectivity index (χ0n) is 17.3. The maximum absolute atomic E-state index is 13.0. The summed E-state index contributed by atoms with van der Waals surface area (Å²) in [6.07, 6.45) is 4.26. The summed E-state index contributed by atoms with van der Waals surface area (Å²) in [4.78, 5) is 36.4. The Morgan fingerprint density at radius 2 is 1.82 bits per heavy atom. The van der Waals surface area contributed by atoms with Crippen molar-refractivity contribution < 1.29 is 24.0 Å². The number of nitro benzene ring substituents is 1. The van der Waals surface area contributed by atoms with Crippen molar-refractivity contribution in [2.45, 2.75) is 19.4 Å². The molecule has 0 fully saturated rings. The van der Waals surface area contributed by atoms with Gasteiger partial charge in [0.1, 0.15) is 12.4 Å². The number of esters is 2. The average molecular weight is 508 g/mol. The zero-order chi connectivity index (χ0) is 23.4. The fourth-order valence-electron chi connectivity index (χ4n) is 3.53. The lowest BCUT2D eigenvalue weighted by Gasteiger charge is -2.17. The smallest absolute Gasteiger partial charge is 0.343 e. The molecule has 0 saturated heterocycles. The number of hydrogen-bond acceptors (Lipinski definition) is 6. The maximum Gasteiger partial charge on any atom is 0.343 e. The summed E-state index contributed by atoms with van der Waals surface area (Å²) in [6.45, 7) is 0.117. The van der Waals surface area contributed by atoms with E-state index in [2.05, 4.69) is 15.9 Å². The van der Waals surface area contributed by atoms with Gasteiger partial charge in [0.25, 0.3) is 5.69 Å². The number of rotatable bonds is 4. The lowest BCUT2D eigenvalue weighted by atomic mass is 9.99. The van der Waals surface area contributed by atoms with Crippen LogP contribution in [0.3, 0.4) is 0 Å². The van der Waals surface area contributed by atoms with Crippen molar-refractivity contribution in [2.75, 3.05) is 0 Å². The van der Waals surface area contributed by atoms with E-state index in [1.165, 1.54) is 18.2 Å². The Labute approximate surface area is 197 Å². The molecule has 7 nitrogen and oxygen atoms in total. The zero-order valence-corrected chi connectivity index (χ0v) is 18.9. The normalized spacial score (nSPS) is 13.8. The number of ether oxygens (including phenoxy) is 2. The van der Waals surface area contributed by atoms with Crippen LogP contribution >= 0.6 is 15.9 Å². The first kappa shape index (κ1) is 22.4. The lowest BCUT2D eigenvalue weighted by molar-refractivity contribution is -0.384. The number of nitrogens with zero attached hydrogens (tertiary/aromatic N) is 1. The highest BCUT2D eigenvalue weighted by atomic mass is 79.9. The second-order valence-corrected chi connectivity index (χ2v) is 8.19. The van der Waals surface area contributed by atoms with Crippen LogP contribution in [0.1, 0.15) is 37.4 Å². The van der Waals surface area contributed by atoms with Gasteiger partial charge in [-0.05, 0) is 58.1 Å². The summed E-state index contributed by atoms with van der Waals surface area (Å²) >= 11 is 3.40. The van der Waals surface area contributed by atoms with Crippen LogP contribution in [0.15, 0.2) is 77.3 Å². The molecule has 1 aliphatic heterocycles. The highest BCUT2D eigenvalue weighted by Crippen LogP contribution is 2.35. The van der Waals surface area contributed by atoms with E-state index in [1.807, 2.05) is 42.5 Å². The highest BCUT2D eigenvalue weighted by Gasteiger charge is 2.24. The number of fused-ring (bicyclic) bond motifs is 2. The molecular weight excluding hydrogens is 490 g/mol. The van der Waals surface area contributed by atoms with E-state index in [1.54, 1.807) is 12.1 Å². The van der Waals surface area contributed by atoms with E-state index in [0.29, 0.717) is 34.0 Å². The molecule has 3 aromatic carbocycles. The number of nitro groups is 1. The number of non-ortho nitro benzene ring substituents is 1. The molecule has 0 atom stereocenters. The molecular formula is C25H18BrNO6. The van der Waals surface area contributed by atoms with E-state index in [0.717, 1.165) is 5.56 Å². The minimum Gasteiger partial charge on any atom is -0.457 e. The molecule has 33 heavy (non-hydrogen) atoms. The standard InChI is InChI=1S/C25H18BrNO6/c26-22-13-12-21(24(28)32-15-16-6-2-1-3-7-16)20-9-5-4-8-17-14-18(27(30)31)10-11-19(17)25(29)33-23(20)22/h1-7,10-14H,8-9,15H2/b5-4-. The fraction of sp³-hybridized carbons (Fsp3) is 0.120. The lowest BCUT2D eigenvalue weighted by Crippen LogP contribution is -2.16. The molecule has 166 valence electrons. The predicted molar refractivity (Wildman–Crippen MR) is 124 cm³/mol. The number of carbonyl (C=O) groups excluding carboxylic acids is 2. The Kier molecular flexibility index (Phi) is 6.65. The molecule has 3 aromatic rings. The van der Waals surface area contributed by atoms with Crippen LogP contribution in [0, 0.1) is 10.1 Å². The highest BCUT2D eigenvalue weighted by molar-refractivity contribution is 9.10. The van der Waals surface area contributed by atoms with E-state index >= 15 is 0 Å². The number of allylic oxidation sites excluding steroid dienone is 2. The first-order chi connectivity index (χ1) is 15.9. The van der Waals surface area contributed by atoms with Gasteiger partial charge in [0.15, 0.2) is 0 Å². The average Bonchev–Trinajstić information content (AvgIpc) is 2.82. The maximum atomic E-state index is 13.0. The third-order valence-electron chi connectivity index (χ3n) is 5.19. The van der Waals surface area contributed by atoms with Crippen LogP contribution in [0.25, 0.3) is 0 Å². The van der Waals surface area contributed by atoms with Crippen LogP contribution < -0.4 is 4.74 Å². The molecule has 0 unspecified atom stereocenters. The van der Waals surface area contributed by atoms with Crippen LogP contribution in [0.5, 0.6) is 5.75 Å². The summed E-state index contributed by atoms with van der Waals surface area (Å²) in [5.41, 5.74) is 2.28. The first-order valence-corrected chi connectivity index (χ1v) is 10.9. The molecule has 0 saturated carbocycles. The van der Waals surface area contributed by atoms with Crippen LogP contribution in [-0.2, 0) is 24.2 Å². The topological polar surface area (TPSA) is 95.7 Å². The molecule has 0 aromatic heterocycles. The van der Waals surface area contributed by atoms with Gasteiger partial charge in [-0.2, -0.15) is 0 Å². The second kappa shape index (κ2) is 9.79. The minimum absolute atomic E-state index is 0.1000. The van der Waals surface area contributed by atoms with Crippen molar-refractivity contribution in [3.8, 4) is 5.75 Å². The van der Waals surface area contributed by atoms with Crippen molar-refractivity contribution in [1.29, 1.82) is 0 Å². The quantitative estimate of drug-likeness (QED) is 0.150. The molecule has 0 radical (unpaired) electrons. The molecule has 8 heteroatoms. The van der Waals surface area contributed by atoms with Crippen molar-refractivity contribution in [3.05, 3.63) is 115 Å². The van der Waals surface area contributed by atoms with Crippen molar-refractivity contribution in [3.63, 3.8) is 0 Å². The SMILES string of the molecule is O=C1Oc2c(Br)ccc(C(=O)OCc3ccccc3)c2C/C=C\Cc2cc([N+](=O)[O-])ccc21. The van der Waals surface area contributed by atoms with Gasteiger partial charge in [0.05, 0.1) is 20.5 Å². The fourth-order valence-corrected chi connectivity index (χ4v) is 3.98. The molecule has 0 N–H and O–H groups in total. The van der Waals surface area contributed by atoms with Gasteiger partial charge >= 0.3 is 11.9 Å².